The van der Waals surface area contributed by atoms with Gasteiger partial charge in [0.25, 0.3) is 0 Å². The van der Waals surface area contributed by atoms with Crippen molar-refractivity contribution >= 4 is 34.4 Å². The number of hydrogen-bond acceptors (Lipinski definition) is 6. The van der Waals surface area contributed by atoms with Gasteiger partial charge in [0.05, 0.1) is 29.3 Å². The fourth-order valence-corrected chi connectivity index (χ4v) is 4.65. The Bertz CT molecular complexity index is 1550. The zero-order valence-corrected chi connectivity index (χ0v) is 19.2. The van der Waals surface area contributed by atoms with E-state index in [1.165, 1.54) is 18.5 Å². The highest BCUT2D eigenvalue weighted by atomic mass is 16.5. The first kappa shape index (κ1) is 20.5. The molecule has 0 radical (unpaired) electrons. The van der Waals surface area contributed by atoms with E-state index in [1.807, 2.05) is 60.0 Å². The normalized spacial score (nSPS) is 17.4. The number of dihydropyridines is 1. The molecule has 0 bridgehead atoms. The highest BCUT2D eigenvalue weighted by Gasteiger charge is 2.29. The van der Waals surface area contributed by atoms with Crippen molar-refractivity contribution in [3.63, 3.8) is 0 Å². The van der Waals surface area contributed by atoms with E-state index >= 15 is 0 Å². The van der Waals surface area contributed by atoms with Crippen LogP contribution >= 0.6 is 0 Å². The molecule has 34 heavy (non-hydrogen) atoms. The van der Waals surface area contributed by atoms with E-state index in [9.17, 15) is 4.79 Å². The van der Waals surface area contributed by atoms with Crippen molar-refractivity contribution in [2.24, 2.45) is 13.0 Å². The van der Waals surface area contributed by atoms with Gasteiger partial charge in [0.1, 0.15) is 5.70 Å². The SMILES string of the molecule is CCOc1ccc2c(n1)=C(C1=CC=C(C3CC3)NC1)C(=C=O)N(c1ccc3ncn(C)c3c1)C=2. The molecular formula is C27H25N5O2. The molecule has 2 aliphatic heterocycles. The van der Waals surface area contributed by atoms with Crippen molar-refractivity contribution in [2.45, 2.75) is 19.8 Å². The summed E-state index contributed by atoms with van der Waals surface area (Å²) in [5, 5.41) is 5.21. The molecule has 0 amide bonds. The molecule has 0 atom stereocenters. The second-order valence-corrected chi connectivity index (χ2v) is 8.82. The molecule has 0 spiro atoms. The quantitative estimate of drug-likeness (QED) is 0.601. The molecule has 1 fully saturated rings. The number of benzene rings is 1. The Kier molecular flexibility index (Phi) is 4.85. The zero-order valence-electron chi connectivity index (χ0n) is 19.2. The molecule has 0 saturated heterocycles. The first-order valence-corrected chi connectivity index (χ1v) is 11.6. The molecule has 0 unspecified atom stereocenters. The summed E-state index contributed by atoms with van der Waals surface area (Å²) in [5.74, 6) is 3.41. The maximum absolute atomic E-state index is 12.5. The molecule has 7 heteroatoms. The van der Waals surface area contributed by atoms with Crippen molar-refractivity contribution in [3.8, 4) is 5.88 Å². The lowest BCUT2D eigenvalue weighted by molar-refractivity contribution is 0.326. The summed E-state index contributed by atoms with van der Waals surface area (Å²) in [6.07, 6.45) is 10.5. The Morgan fingerprint density at radius 3 is 2.82 bits per heavy atom. The van der Waals surface area contributed by atoms with Crippen molar-refractivity contribution in [1.82, 2.24) is 19.9 Å². The molecule has 1 saturated carbocycles. The molecule has 1 N–H and O–H groups in total. The average Bonchev–Trinajstić information content (AvgIpc) is 3.66. The summed E-state index contributed by atoms with van der Waals surface area (Å²) in [6, 6.07) is 9.85. The van der Waals surface area contributed by atoms with Gasteiger partial charge in [-0.15, -0.1) is 0 Å². The second-order valence-electron chi connectivity index (χ2n) is 8.82. The largest absolute Gasteiger partial charge is 0.478 e. The van der Waals surface area contributed by atoms with Crippen molar-refractivity contribution in [1.29, 1.82) is 0 Å². The van der Waals surface area contributed by atoms with Crippen LogP contribution in [0.15, 0.2) is 65.8 Å². The van der Waals surface area contributed by atoms with Gasteiger partial charge in [-0.1, -0.05) is 6.08 Å². The second kappa shape index (κ2) is 8.04. The molecule has 1 aromatic carbocycles. The van der Waals surface area contributed by atoms with Crippen LogP contribution in [0.5, 0.6) is 5.88 Å². The van der Waals surface area contributed by atoms with Gasteiger partial charge in [-0.2, -0.15) is 0 Å². The van der Waals surface area contributed by atoms with Crippen LogP contribution < -0.4 is 25.5 Å². The monoisotopic (exact) mass is 451 g/mol. The summed E-state index contributed by atoms with van der Waals surface area (Å²) in [7, 11) is 1.96. The van der Waals surface area contributed by atoms with E-state index < -0.39 is 0 Å². The van der Waals surface area contributed by atoms with E-state index in [2.05, 4.69) is 28.4 Å². The number of nitrogens with one attached hydrogen (secondary N) is 1. The molecule has 1 aliphatic carbocycles. The predicted octanol–water partition coefficient (Wildman–Crippen LogP) is 2.31. The zero-order chi connectivity index (χ0) is 23.2. The number of anilines is 1. The van der Waals surface area contributed by atoms with Gasteiger partial charge in [-0.05, 0) is 61.6 Å². The summed E-state index contributed by atoms with van der Waals surface area (Å²) in [4.78, 5) is 23.6. The van der Waals surface area contributed by atoms with Crippen LogP contribution in [0.3, 0.4) is 0 Å². The number of rotatable bonds is 5. The molecule has 170 valence electrons. The van der Waals surface area contributed by atoms with Crippen LogP contribution in [0.1, 0.15) is 19.8 Å². The number of allylic oxidation sites excluding steroid dienone is 4. The van der Waals surface area contributed by atoms with E-state index in [0.29, 0.717) is 30.6 Å². The average molecular weight is 452 g/mol. The standard InChI is InChI=1S/C27H25N5O2/c1-3-34-25-11-7-19-14-32(20-8-10-22-23(12-20)31(2)16-29-22)24(15-33)26(27(19)30-25)18-6-9-21(28-13-18)17-4-5-17/h6-12,14,16-17,28H,3-5,13H2,1-2H3. The van der Waals surface area contributed by atoms with E-state index in [-0.39, 0.29) is 0 Å². The minimum atomic E-state index is 0.437. The van der Waals surface area contributed by atoms with Crippen LogP contribution in [0.4, 0.5) is 5.69 Å². The highest BCUT2D eigenvalue weighted by molar-refractivity contribution is 5.96. The highest BCUT2D eigenvalue weighted by Crippen LogP contribution is 2.37. The fourth-order valence-electron chi connectivity index (χ4n) is 4.65. The summed E-state index contributed by atoms with van der Waals surface area (Å²) in [5.41, 5.74) is 6.26. The molecule has 2 aromatic heterocycles. The Labute approximate surface area is 197 Å². The number of hydrogen-bond donors (Lipinski definition) is 1. The van der Waals surface area contributed by atoms with Crippen LogP contribution in [0.25, 0.3) is 22.8 Å². The summed E-state index contributed by atoms with van der Waals surface area (Å²) < 4.78 is 7.65. The Balaban J connectivity index is 1.56. The van der Waals surface area contributed by atoms with E-state index in [0.717, 1.165) is 38.4 Å². The number of nitrogens with zero attached hydrogens (tertiary/aromatic N) is 4. The van der Waals surface area contributed by atoms with E-state index in [4.69, 9.17) is 9.72 Å². The third kappa shape index (κ3) is 3.42. The van der Waals surface area contributed by atoms with E-state index in [1.54, 1.807) is 6.33 Å². The van der Waals surface area contributed by atoms with Gasteiger partial charge in [-0.3, -0.25) is 0 Å². The third-order valence-electron chi connectivity index (χ3n) is 6.55. The molecule has 7 nitrogen and oxygen atoms in total. The Hall–Kier alpha value is -4.09. The van der Waals surface area contributed by atoms with Gasteiger partial charge >= 0.3 is 0 Å². The number of imidazole rings is 1. The van der Waals surface area contributed by atoms with Crippen molar-refractivity contribution in [3.05, 3.63) is 76.3 Å². The molecule has 4 heterocycles. The van der Waals surface area contributed by atoms with Gasteiger partial charge in [0.2, 0.25) is 5.88 Å². The number of aryl methyl sites for hydroxylation is 1. The Morgan fingerprint density at radius 1 is 1.21 bits per heavy atom. The smallest absolute Gasteiger partial charge is 0.213 e. The van der Waals surface area contributed by atoms with Gasteiger partial charge in [0.15, 0.2) is 5.94 Å². The number of aromatic nitrogens is 3. The molecule has 3 aliphatic rings. The number of carbonyl (C=O) groups excluding carboxylic acids is 1. The predicted molar refractivity (Wildman–Crippen MR) is 132 cm³/mol. The van der Waals surface area contributed by atoms with Gasteiger partial charge in [0, 0.05) is 48.0 Å². The molecular weight excluding hydrogens is 426 g/mol. The van der Waals surface area contributed by atoms with Crippen molar-refractivity contribution in [2.75, 3.05) is 18.1 Å². The minimum absolute atomic E-state index is 0.437. The number of pyridine rings is 1. The Morgan fingerprint density at radius 2 is 2.09 bits per heavy atom. The number of fused-ring (bicyclic) bond motifs is 2. The lowest BCUT2D eigenvalue weighted by Gasteiger charge is -2.28. The van der Waals surface area contributed by atoms with Gasteiger partial charge in [-0.25, -0.2) is 14.8 Å². The summed E-state index contributed by atoms with van der Waals surface area (Å²) in [6.45, 7) is 3.09. The third-order valence-corrected chi connectivity index (χ3v) is 6.55. The molecule has 3 aromatic rings. The summed E-state index contributed by atoms with van der Waals surface area (Å²) >= 11 is 0. The first-order chi connectivity index (χ1) is 16.7. The maximum Gasteiger partial charge on any atom is 0.213 e. The lowest BCUT2D eigenvalue weighted by atomic mass is 9.95. The van der Waals surface area contributed by atoms with Crippen LogP contribution in [0, 0.1) is 5.92 Å². The topological polar surface area (TPSA) is 72.3 Å². The number of ether oxygens (including phenoxy) is 1. The van der Waals surface area contributed by atoms with Gasteiger partial charge < -0.3 is 19.5 Å². The minimum Gasteiger partial charge on any atom is -0.478 e. The first-order valence-electron chi connectivity index (χ1n) is 11.6. The van der Waals surface area contributed by atoms with Crippen LogP contribution in [-0.4, -0.2) is 33.6 Å². The van der Waals surface area contributed by atoms with Crippen LogP contribution in [0.2, 0.25) is 0 Å². The van der Waals surface area contributed by atoms with Crippen molar-refractivity contribution < 1.29 is 9.53 Å². The lowest BCUT2D eigenvalue weighted by Crippen LogP contribution is -2.41. The fraction of sp³-hybridized carbons (Fsp3) is 0.259. The maximum atomic E-state index is 12.5. The molecule has 6 rings (SSSR count). The van der Waals surface area contributed by atoms with Crippen LogP contribution in [-0.2, 0) is 11.8 Å².